The molecule has 0 aromatic heterocycles. The largest absolute Gasteiger partial charge is 0.497 e. The lowest BCUT2D eigenvalue weighted by atomic mass is 9.96. The van der Waals surface area contributed by atoms with Crippen LogP contribution in [0.15, 0.2) is 18.2 Å². The molecule has 2 aliphatic rings. The molecule has 5 heteroatoms. The van der Waals surface area contributed by atoms with Crippen molar-refractivity contribution in [3.05, 3.63) is 23.8 Å². The second kappa shape index (κ2) is 10.1. The van der Waals surface area contributed by atoms with Crippen molar-refractivity contribution in [2.75, 3.05) is 34.4 Å². The van der Waals surface area contributed by atoms with Crippen molar-refractivity contribution < 1.29 is 14.3 Å². The molecule has 0 spiro atoms. The van der Waals surface area contributed by atoms with Crippen molar-refractivity contribution in [1.82, 2.24) is 9.80 Å². The molecular formula is C23H36N2O3. The van der Waals surface area contributed by atoms with Gasteiger partial charge in [0.15, 0.2) is 0 Å². The molecule has 1 heterocycles. The van der Waals surface area contributed by atoms with E-state index in [9.17, 15) is 4.79 Å². The molecular weight excluding hydrogens is 352 g/mol. The van der Waals surface area contributed by atoms with Gasteiger partial charge in [-0.3, -0.25) is 9.69 Å². The molecule has 1 aromatic carbocycles. The van der Waals surface area contributed by atoms with E-state index < -0.39 is 0 Å². The van der Waals surface area contributed by atoms with Gasteiger partial charge in [-0.15, -0.1) is 0 Å². The van der Waals surface area contributed by atoms with Gasteiger partial charge in [-0.2, -0.15) is 0 Å². The SMILES string of the molecule is COc1ccc(C2CCCN2C(=O)CN(C)C2CCCCCCC2)c(OC)c1. The van der Waals surface area contributed by atoms with E-state index in [-0.39, 0.29) is 11.9 Å². The van der Waals surface area contributed by atoms with Crippen molar-refractivity contribution >= 4 is 5.91 Å². The number of hydrogen-bond acceptors (Lipinski definition) is 4. The Labute approximate surface area is 170 Å². The molecule has 28 heavy (non-hydrogen) atoms. The summed E-state index contributed by atoms with van der Waals surface area (Å²) in [7, 11) is 5.47. The Morgan fingerprint density at radius 3 is 2.43 bits per heavy atom. The molecule has 1 unspecified atom stereocenters. The molecule has 3 rings (SSSR count). The number of carbonyl (C=O) groups excluding carboxylic acids is 1. The standard InChI is InChI=1S/C23H36N2O3/c1-24(18-10-7-5-4-6-8-11-18)17-23(26)25-15-9-12-21(25)20-14-13-19(27-2)16-22(20)28-3/h13-14,16,18,21H,4-12,15,17H2,1-3H3. The number of carbonyl (C=O) groups is 1. The number of ether oxygens (including phenoxy) is 2. The average molecular weight is 389 g/mol. The second-order valence-electron chi connectivity index (χ2n) is 8.27. The fourth-order valence-electron chi connectivity index (χ4n) is 4.79. The van der Waals surface area contributed by atoms with Crippen molar-refractivity contribution in [3.63, 3.8) is 0 Å². The van der Waals surface area contributed by atoms with Crippen LogP contribution < -0.4 is 9.47 Å². The Kier molecular flexibility index (Phi) is 7.60. The van der Waals surface area contributed by atoms with Crippen LogP contribution in [0.1, 0.15) is 69.4 Å². The zero-order valence-electron chi connectivity index (χ0n) is 17.8. The number of amides is 1. The molecule has 1 saturated carbocycles. The lowest BCUT2D eigenvalue weighted by molar-refractivity contribution is -0.133. The van der Waals surface area contributed by atoms with E-state index in [1.54, 1.807) is 14.2 Å². The van der Waals surface area contributed by atoms with Crippen LogP contribution in [0.3, 0.4) is 0 Å². The summed E-state index contributed by atoms with van der Waals surface area (Å²) in [6.45, 7) is 1.34. The maximum absolute atomic E-state index is 13.2. The zero-order valence-corrected chi connectivity index (χ0v) is 17.8. The predicted molar refractivity (Wildman–Crippen MR) is 112 cm³/mol. The highest BCUT2D eigenvalue weighted by Crippen LogP contribution is 2.38. The summed E-state index contributed by atoms with van der Waals surface area (Å²) in [4.78, 5) is 17.5. The third-order valence-electron chi connectivity index (χ3n) is 6.46. The quantitative estimate of drug-likeness (QED) is 0.724. The number of likely N-dealkylation sites (N-methyl/N-ethyl adjacent to an activating group) is 1. The molecule has 0 N–H and O–H groups in total. The van der Waals surface area contributed by atoms with Gasteiger partial charge in [0.2, 0.25) is 5.91 Å². The van der Waals surface area contributed by atoms with Crippen molar-refractivity contribution in [2.24, 2.45) is 0 Å². The highest BCUT2D eigenvalue weighted by Gasteiger charge is 2.33. The zero-order chi connectivity index (χ0) is 19.9. The minimum atomic E-state index is 0.0964. The maximum Gasteiger partial charge on any atom is 0.237 e. The number of benzene rings is 1. The lowest BCUT2D eigenvalue weighted by Crippen LogP contribution is -2.42. The fraction of sp³-hybridized carbons (Fsp3) is 0.696. The Bertz CT molecular complexity index is 641. The Hall–Kier alpha value is -1.75. The fourth-order valence-corrected chi connectivity index (χ4v) is 4.79. The van der Waals surface area contributed by atoms with Crippen LogP contribution in [0.2, 0.25) is 0 Å². The van der Waals surface area contributed by atoms with Gasteiger partial charge in [-0.1, -0.05) is 32.1 Å². The van der Waals surface area contributed by atoms with E-state index in [2.05, 4.69) is 16.8 Å². The first kappa shape index (κ1) is 21.0. The number of rotatable bonds is 6. The van der Waals surface area contributed by atoms with Crippen LogP contribution in [-0.2, 0) is 4.79 Å². The van der Waals surface area contributed by atoms with Gasteiger partial charge >= 0.3 is 0 Å². The number of methoxy groups -OCH3 is 2. The van der Waals surface area contributed by atoms with Gasteiger partial charge in [0.1, 0.15) is 11.5 Å². The Morgan fingerprint density at radius 1 is 1.04 bits per heavy atom. The smallest absolute Gasteiger partial charge is 0.237 e. The summed E-state index contributed by atoms with van der Waals surface area (Å²) in [5.41, 5.74) is 1.09. The molecule has 156 valence electrons. The topological polar surface area (TPSA) is 42.0 Å². The summed E-state index contributed by atoms with van der Waals surface area (Å²) in [5.74, 6) is 1.82. The van der Waals surface area contributed by atoms with Crippen LogP contribution in [0.5, 0.6) is 11.5 Å². The van der Waals surface area contributed by atoms with E-state index in [4.69, 9.17) is 9.47 Å². The lowest BCUT2D eigenvalue weighted by Gasteiger charge is -2.32. The van der Waals surface area contributed by atoms with Crippen LogP contribution >= 0.6 is 0 Å². The third-order valence-corrected chi connectivity index (χ3v) is 6.46. The van der Waals surface area contributed by atoms with E-state index in [1.807, 2.05) is 18.2 Å². The summed E-state index contributed by atoms with van der Waals surface area (Å²) in [6.07, 6.45) is 11.1. The van der Waals surface area contributed by atoms with Crippen LogP contribution in [-0.4, -0.2) is 56.1 Å². The van der Waals surface area contributed by atoms with Gasteiger partial charge in [0.05, 0.1) is 26.8 Å². The first-order valence-corrected chi connectivity index (χ1v) is 10.9. The number of likely N-dealkylation sites (tertiary alicyclic amines) is 1. The average Bonchev–Trinajstić information content (AvgIpc) is 3.16. The third kappa shape index (κ3) is 4.99. The van der Waals surface area contributed by atoms with Crippen molar-refractivity contribution in [2.45, 2.75) is 69.9 Å². The van der Waals surface area contributed by atoms with E-state index >= 15 is 0 Å². The van der Waals surface area contributed by atoms with E-state index in [1.165, 1.54) is 44.9 Å². The minimum Gasteiger partial charge on any atom is -0.497 e. The molecule has 1 aliphatic carbocycles. The van der Waals surface area contributed by atoms with Crippen LogP contribution in [0, 0.1) is 0 Å². The monoisotopic (exact) mass is 388 g/mol. The molecule has 1 amide bonds. The molecule has 1 saturated heterocycles. The van der Waals surface area contributed by atoms with Gasteiger partial charge in [0.25, 0.3) is 0 Å². The van der Waals surface area contributed by atoms with Crippen molar-refractivity contribution in [3.8, 4) is 11.5 Å². The minimum absolute atomic E-state index is 0.0964. The van der Waals surface area contributed by atoms with E-state index in [0.717, 1.165) is 36.4 Å². The first-order chi connectivity index (χ1) is 13.6. The highest BCUT2D eigenvalue weighted by atomic mass is 16.5. The van der Waals surface area contributed by atoms with Gasteiger partial charge < -0.3 is 14.4 Å². The molecule has 5 nitrogen and oxygen atoms in total. The van der Waals surface area contributed by atoms with E-state index in [0.29, 0.717) is 12.6 Å². The van der Waals surface area contributed by atoms with Crippen molar-refractivity contribution in [1.29, 1.82) is 0 Å². The van der Waals surface area contributed by atoms with Crippen LogP contribution in [0.25, 0.3) is 0 Å². The second-order valence-corrected chi connectivity index (χ2v) is 8.27. The van der Waals surface area contributed by atoms with Crippen LogP contribution in [0.4, 0.5) is 0 Å². The molecule has 1 aliphatic heterocycles. The summed E-state index contributed by atoms with van der Waals surface area (Å²) in [6, 6.07) is 6.56. The summed E-state index contributed by atoms with van der Waals surface area (Å²) >= 11 is 0. The number of nitrogens with zero attached hydrogens (tertiary/aromatic N) is 2. The Morgan fingerprint density at radius 2 is 1.75 bits per heavy atom. The maximum atomic E-state index is 13.2. The summed E-state index contributed by atoms with van der Waals surface area (Å²) < 4.78 is 10.9. The Balaban J connectivity index is 1.67. The highest BCUT2D eigenvalue weighted by molar-refractivity contribution is 5.79. The predicted octanol–water partition coefficient (Wildman–Crippen LogP) is 4.41. The normalized spacial score (nSPS) is 21.4. The van der Waals surface area contributed by atoms with Gasteiger partial charge in [0, 0.05) is 24.2 Å². The molecule has 1 aromatic rings. The number of hydrogen-bond donors (Lipinski definition) is 0. The molecule has 0 bridgehead atoms. The molecule has 0 radical (unpaired) electrons. The summed E-state index contributed by atoms with van der Waals surface area (Å²) in [5, 5.41) is 0. The van der Waals surface area contributed by atoms with Gasteiger partial charge in [-0.05, 0) is 44.9 Å². The molecule has 2 fully saturated rings. The molecule has 1 atom stereocenters. The van der Waals surface area contributed by atoms with Gasteiger partial charge in [-0.25, -0.2) is 0 Å². The first-order valence-electron chi connectivity index (χ1n) is 10.9.